The fraction of sp³-hybridized carbons (Fsp3) is 0.150. The van der Waals surface area contributed by atoms with Crippen molar-refractivity contribution in [2.45, 2.75) is 6.92 Å². The Morgan fingerprint density at radius 2 is 1.88 bits per heavy atom. The normalized spacial score (nSPS) is 10.4. The van der Waals surface area contributed by atoms with Crippen LogP contribution in [-0.2, 0) is 0 Å². The molecular weight excluding hydrogens is 353 g/mol. The number of thiophene rings is 1. The monoisotopic (exact) mass is 371 g/mol. The molecule has 0 radical (unpaired) electrons. The van der Waals surface area contributed by atoms with Crippen LogP contribution in [0.2, 0.25) is 0 Å². The van der Waals surface area contributed by atoms with E-state index in [1.54, 1.807) is 0 Å². The van der Waals surface area contributed by atoms with Crippen LogP contribution >= 0.6 is 11.3 Å². The molecule has 3 rings (SSSR count). The van der Waals surface area contributed by atoms with Crippen molar-refractivity contribution in [3.05, 3.63) is 65.3 Å². The number of benzene rings is 2. The van der Waals surface area contributed by atoms with Crippen LogP contribution in [0.3, 0.4) is 0 Å². The fourth-order valence-electron chi connectivity index (χ4n) is 2.49. The van der Waals surface area contributed by atoms with Crippen molar-refractivity contribution in [3.63, 3.8) is 0 Å². The molecule has 0 unspecified atom stereocenters. The van der Waals surface area contributed by atoms with E-state index >= 15 is 0 Å². The summed E-state index contributed by atoms with van der Waals surface area (Å²) in [7, 11) is 1.43. The predicted molar refractivity (Wildman–Crippen MR) is 102 cm³/mol. The first-order valence-electron chi connectivity index (χ1n) is 8.09. The molecule has 26 heavy (non-hydrogen) atoms. The molecule has 1 aromatic heterocycles. The lowest BCUT2D eigenvalue weighted by Crippen LogP contribution is -2.12. The number of methoxy groups -OCH3 is 1. The SMILES string of the molecule is CCOc1cc(-c2ccccc2)sc1C(=O)Nc1ccc(F)cc1OC. The number of halogens is 1. The van der Waals surface area contributed by atoms with Crippen molar-refractivity contribution in [3.8, 4) is 21.9 Å². The van der Waals surface area contributed by atoms with Crippen LogP contribution in [-0.4, -0.2) is 19.6 Å². The van der Waals surface area contributed by atoms with Gasteiger partial charge in [-0.15, -0.1) is 11.3 Å². The molecule has 134 valence electrons. The van der Waals surface area contributed by atoms with Crippen molar-refractivity contribution < 1.29 is 18.7 Å². The quantitative estimate of drug-likeness (QED) is 0.647. The second kappa shape index (κ2) is 8.01. The van der Waals surface area contributed by atoms with Crippen LogP contribution in [0.5, 0.6) is 11.5 Å². The van der Waals surface area contributed by atoms with E-state index in [2.05, 4.69) is 5.32 Å². The lowest BCUT2D eigenvalue weighted by molar-refractivity contribution is 0.102. The molecular formula is C20H18FNO3S. The number of anilines is 1. The van der Waals surface area contributed by atoms with Crippen molar-refractivity contribution in [1.29, 1.82) is 0 Å². The lowest BCUT2D eigenvalue weighted by Gasteiger charge is -2.10. The van der Waals surface area contributed by atoms with Gasteiger partial charge in [-0.1, -0.05) is 30.3 Å². The van der Waals surface area contributed by atoms with E-state index in [9.17, 15) is 9.18 Å². The molecule has 6 heteroatoms. The predicted octanol–water partition coefficient (Wildman–Crippen LogP) is 5.21. The zero-order valence-corrected chi connectivity index (χ0v) is 15.2. The van der Waals surface area contributed by atoms with E-state index in [1.807, 2.05) is 43.3 Å². The third-order valence-electron chi connectivity index (χ3n) is 3.67. The van der Waals surface area contributed by atoms with Crippen molar-refractivity contribution in [1.82, 2.24) is 0 Å². The van der Waals surface area contributed by atoms with Crippen LogP contribution in [0, 0.1) is 5.82 Å². The number of ether oxygens (including phenoxy) is 2. The van der Waals surface area contributed by atoms with E-state index in [0.29, 0.717) is 22.9 Å². The Morgan fingerprint density at radius 3 is 2.58 bits per heavy atom. The van der Waals surface area contributed by atoms with Gasteiger partial charge in [-0.2, -0.15) is 0 Å². The van der Waals surface area contributed by atoms with E-state index in [1.165, 1.54) is 36.6 Å². The molecule has 0 spiro atoms. The molecule has 3 aromatic rings. The first-order chi connectivity index (χ1) is 12.6. The highest BCUT2D eigenvalue weighted by Gasteiger charge is 2.20. The fourth-order valence-corrected chi connectivity index (χ4v) is 3.49. The van der Waals surface area contributed by atoms with Crippen LogP contribution in [0.4, 0.5) is 10.1 Å². The van der Waals surface area contributed by atoms with Crippen molar-refractivity contribution >= 4 is 22.9 Å². The zero-order valence-electron chi connectivity index (χ0n) is 14.4. The molecule has 2 aromatic carbocycles. The van der Waals surface area contributed by atoms with Crippen molar-refractivity contribution in [2.75, 3.05) is 19.0 Å². The van der Waals surface area contributed by atoms with Gasteiger partial charge in [0.25, 0.3) is 5.91 Å². The summed E-state index contributed by atoms with van der Waals surface area (Å²) in [6.45, 7) is 2.32. The standard InChI is InChI=1S/C20H18FNO3S/c1-3-25-17-12-18(13-7-5-4-6-8-13)26-19(17)20(23)22-15-10-9-14(21)11-16(15)24-2/h4-12H,3H2,1-2H3,(H,22,23). The number of hydrogen-bond donors (Lipinski definition) is 1. The molecule has 0 fully saturated rings. The maximum absolute atomic E-state index is 13.3. The summed E-state index contributed by atoms with van der Waals surface area (Å²) in [5.74, 6) is 0.0222. The summed E-state index contributed by atoms with van der Waals surface area (Å²) in [5, 5.41) is 2.77. The minimum atomic E-state index is -0.433. The Kier molecular flexibility index (Phi) is 5.53. The largest absolute Gasteiger partial charge is 0.494 e. The van der Waals surface area contributed by atoms with Crippen LogP contribution in [0.15, 0.2) is 54.6 Å². The highest BCUT2D eigenvalue weighted by atomic mass is 32.1. The summed E-state index contributed by atoms with van der Waals surface area (Å²) in [6, 6.07) is 15.6. The molecule has 1 heterocycles. The third kappa shape index (κ3) is 3.86. The van der Waals surface area contributed by atoms with Gasteiger partial charge in [0.1, 0.15) is 22.2 Å². The lowest BCUT2D eigenvalue weighted by atomic mass is 10.2. The number of carbonyl (C=O) groups excluding carboxylic acids is 1. The van der Waals surface area contributed by atoms with E-state index < -0.39 is 5.82 Å². The molecule has 4 nitrogen and oxygen atoms in total. The van der Waals surface area contributed by atoms with Gasteiger partial charge in [-0.05, 0) is 30.7 Å². The number of nitrogens with one attached hydrogen (secondary N) is 1. The molecule has 0 atom stereocenters. The van der Waals surface area contributed by atoms with Gasteiger partial charge < -0.3 is 14.8 Å². The van der Waals surface area contributed by atoms with Gasteiger partial charge in [0.05, 0.1) is 19.4 Å². The third-order valence-corrected chi connectivity index (χ3v) is 4.84. The highest BCUT2D eigenvalue weighted by Crippen LogP contribution is 2.37. The highest BCUT2D eigenvalue weighted by molar-refractivity contribution is 7.17. The molecule has 1 amide bonds. The van der Waals surface area contributed by atoms with Gasteiger partial charge >= 0.3 is 0 Å². The first-order valence-corrected chi connectivity index (χ1v) is 8.91. The van der Waals surface area contributed by atoms with E-state index in [4.69, 9.17) is 9.47 Å². The minimum Gasteiger partial charge on any atom is -0.494 e. The van der Waals surface area contributed by atoms with Gasteiger partial charge in [0.2, 0.25) is 0 Å². The summed E-state index contributed by atoms with van der Waals surface area (Å²) in [5.41, 5.74) is 1.41. The van der Waals surface area contributed by atoms with Crippen LogP contribution in [0.1, 0.15) is 16.6 Å². The van der Waals surface area contributed by atoms with E-state index in [0.717, 1.165) is 10.4 Å². The summed E-state index contributed by atoms with van der Waals surface area (Å²) < 4.78 is 24.1. The summed E-state index contributed by atoms with van der Waals surface area (Å²) in [4.78, 5) is 14.2. The minimum absolute atomic E-state index is 0.260. The number of amides is 1. The maximum atomic E-state index is 13.3. The smallest absolute Gasteiger partial charge is 0.269 e. The van der Waals surface area contributed by atoms with Gasteiger partial charge in [0.15, 0.2) is 0 Å². The van der Waals surface area contributed by atoms with Gasteiger partial charge in [-0.3, -0.25) is 4.79 Å². The van der Waals surface area contributed by atoms with E-state index in [-0.39, 0.29) is 11.7 Å². The Bertz CT molecular complexity index is 909. The Balaban J connectivity index is 1.92. The molecule has 0 bridgehead atoms. The Hall–Kier alpha value is -2.86. The second-order valence-electron chi connectivity index (χ2n) is 5.40. The van der Waals surface area contributed by atoms with Crippen molar-refractivity contribution in [2.24, 2.45) is 0 Å². The topological polar surface area (TPSA) is 47.6 Å². The number of rotatable bonds is 6. The second-order valence-corrected chi connectivity index (χ2v) is 6.45. The molecule has 1 N–H and O–H groups in total. The summed E-state index contributed by atoms with van der Waals surface area (Å²) in [6.07, 6.45) is 0. The van der Waals surface area contributed by atoms with Crippen LogP contribution in [0.25, 0.3) is 10.4 Å². The average molecular weight is 371 g/mol. The molecule has 0 aliphatic carbocycles. The summed E-state index contributed by atoms with van der Waals surface area (Å²) >= 11 is 1.34. The van der Waals surface area contributed by atoms with Gasteiger partial charge in [-0.25, -0.2) is 4.39 Å². The number of hydrogen-bond acceptors (Lipinski definition) is 4. The molecule has 0 aliphatic heterocycles. The molecule has 0 aliphatic rings. The molecule has 0 saturated carbocycles. The molecule has 0 saturated heterocycles. The maximum Gasteiger partial charge on any atom is 0.269 e. The van der Waals surface area contributed by atoms with Crippen LogP contribution < -0.4 is 14.8 Å². The Labute approximate surface area is 155 Å². The van der Waals surface area contributed by atoms with Gasteiger partial charge in [0, 0.05) is 10.9 Å². The first kappa shape index (κ1) is 17.9. The average Bonchev–Trinajstić information content (AvgIpc) is 3.08. The number of carbonyl (C=O) groups is 1. The zero-order chi connectivity index (χ0) is 18.5. The Morgan fingerprint density at radius 1 is 1.12 bits per heavy atom.